The Morgan fingerprint density at radius 1 is 1.25 bits per heavy atom. The molecule has 6 heteroatoms. The third-order valence-corrected chi connectivity index (χ3v) is 4.79. The predicted octanol–water partition coefficient (Wildman–Crippen LogP) is 5.02. The van der Waals surface area contributed by atoms with Crippen molar-refractivity contribution in [3.05, 3.63) is 71.5 Å². The molecule has 0 spiro atoms. The van der Waals surface area contributed by atoms with Crippen LogP contribution in [0.25, 0.3) is 16.7 Å². The van der Waals surface area contributed by atoms with Gasteiger partial charge in [0.25, 0.3) is 5.78 Å². The third kappa shape index (κ3) is 3.30. The molecule has 0 aliphatic carbocycles. The Bertz CT molecular complexity index is 1260. The van der Waals surface area contributed by atoms with Gasteiger partial charge in [0, 0.05) is 28.7 Å². The van der Waals surface area contributed by atoms with Crippen LogP contribution in [0.4, 0.5) is 11.5 Å². The van der Waals surface area contributed by atoms with Crippen LogP contribution in [0.5, 0.6) is 0 Å². The average Bonchev–Trinajstić information content (AvgIpc) is 3.20. The van der Waals surface area contributed by atoms with Crippen LogP contribution in [-0.2, 0) is 0 Å². The van der Waals surface area contributed by atoms with Crippen molar-refractivity contribution in [1.29, 1.82) is 0 Å². The summed E-state index contributed by atoms with van der Waals surface area (Å²) >= 11 is 6.22. The van der Waals surface area contributed by atoms with Gasteiger partial charge in [0.2, 0.25) is 0 Å². The molecular formula is C22H18ClN5. The summed E-state index contributed by atoms with van der Waals surface area (Å²) in [6.07, 6.45) is 2.49. The Balaban J connectivity index is 1.83. The summed E-state index contributed by atoms with van der Waals surface area (Å²) in [5, 5.41) is 9.69. The molecule has 0 fully saturated rings. The second-order valence-electron chi connectivity index (χ2n) is 6.41. The number of anilines is 2. The minimum Gasteiger partial charge on any atom is -0.329 e. The maximum absolute atomic E-state index is 6.22. The first-order chi connectivity index (χ1) is 13.6. The van der Waals surface area contributed by atoms with E-state index in [0.717, 1.165) is 40.0 Å². The van der Waals surface area contributed by atoms with Gasteiger partial charge >= 0.3 is 0 Å². The lowest BCUT2D eigenvalue weighted by Gasteiger charge is -2.20. The summed E-state index contributed by atoms with van der Waals surface area (Å²) in [6.45, 7) is 5.98. The lowest BCUT2D eigenvalue weighted by atomic mass is 10.1. The van der Waals surface area contributed by atoms with Gasteiger partial charge in [-0.15, -0.1) is 10.2 Å². The Labute approximate surface area is 168 Å². The highest BCUT2D eigenvalue weighted by Gasteiger charge is 2.15. The highest BCUT2D eigenvalue weighted by Crippen LogP contribution is 2.31. The Morgan fingerprint density at radius 3 is 2.93 bits per heavy atom. The van der Waals surface area contributed by atoms with Crippen LogP contribution in [0.15, 0.2) is 60.9 Å². The van der Waals surface area contributed by atoms with Crippen molar-refractivity contribution >= 4 is 39.8 Å². The molecule has 2 aromatic heterocycles. The number of nitrogens with zero attached hydrogens (tertiary/aromatic N) is 5. The number of rotatable bonds is 3. The van der Waals surface area contributed by atoms with E-state index in [0.29, 0.717) is 10.8 Å². The fourth-order valence-corrected chi connectivity index (χ4v) is 3.11. The van der Waals surface area contributed by atoms with Crippen LogP contribution in [-0.4, -0.2) is 26.6 Å². The first-order valence-electron chi connectivity index (χ1n) is 8.89. The minimum absolute atomic E-state index is 0.520. The largest absolute Gasteiger partial charge is 0.329 e. The van der Waals surface area contributed by atoms with Gasteiger partial charge in [-0.05, 0) is 48.4 Å². The van der Waals surface area contributed by atoms with Crippen LogP contribution in [0, 0.1) is 11.8 Å². The summed E-state index contributed by atoms with van der Waals surface area (Å²) in [5.74, 6) is 7.56. The number of hydrogen-bond acceptors (Lipinski definition) is 4. The van der Waals surface area contributed by atoms with Crippen molar-refractivity contribution in [2.45, 2.75) is 13.3 Å². The molecule has 0 unspecified atom stereocenters. The van der Waals surface area contributed by atoms with Crippen LogP contribution in [0.3, 0.4) is 0 Å². The molecule has 0 saturated heterocycles. The van der Waals surface area contributed by atoms with Crippen LogP contribution in [0.1, 0.15) is 18.9 Å². The predicted molar refractivity (Wildman–Crippen MR) is 114 cm³/mol. The van der Waals surface area contributed by atoms with Crippen molar-refractivity contribution in [1.82, 2.24) is 19.6 Å². The average molecular weight is 388 g/mol. The Morgan fingerprint density at radius 2 is 2.11 bits per heavy atom. The van der Waals surface area contributed by atoms with Crippen molar-refractivity contribution in [3.63, 3.8) is 0 Å². The molecule has 2 heterocycles. The molecule has 2 aromatic carbocycles. The SMILES string of the molecule is C=C(C#Cc1cccc(N(C)c2nc3nncn3c3cc(Cl)ccc23)c1)CC. The van der Waals surface area contributed by atoms with Gasteiger partial charge in [0.05, 0.1) is 5.52 Å². The molecule has 0 N–H and O–H groups in total. The lowest BCUT2D eigenvalue weighted by Crippen LogP contribution is -2.13. The first kappa shape index (κ1) is 18.0. The van der Waals surface area contributed by atoms with Crippen molar-refractivity contribution in [2.75, 3.05) is 11.9 Å². The standard InChI is InChI=1S/C22H18ClN5/c1-4-15(2)8-9-16-6-5-7-18(12-16)27(3)21-19-11-10-17(23)13-20(19)28-14-24-26-22(28)25-21/h5-7,10-14H,2,4H2,1,3H3. The van der Waals surface area contributed by atoms with Gasteiger partial charge in [0.1, 0.15) is 12.1 Å². The van der Waals surface area contributed by atoms with Gasteiger partial charge < -0.3 is 4.90 Å². The molecule has 0 saturated carbocycles. The lowest BCUT2D eigenvalue weighted by molar-refractivity contribution is 1.08. The highest BCUT2D eigenvalue weighted by atomic mass is 35.5. The van der Waals surface area contributed by atoms with E-state index in [-0.39, 0.29) is 0 Å². The molecule has 4 aromatic rings. The smallest absolute Gasteiger partial charge is 0.257 e. The Kier molecular flexibility index (Phi) is 4.72. The van der Waals surface area contributed by atoms with Gasteiger partial charge in [-0.1, -0.05) is 43.0 Å². The number of aromatic nitrogens is 4. The van der Waals surface area contributed by atoms with Gasteiger partial charge in [-0.3, -0.25) is 4.40 Å². The monoisotopic (exact) mass is 387 g/mol. The van der Waals surface area contributed by atoms with Gasteiger partial charge in [0.15, 0.2) is 0 Å². The van der Waals surface area contributed by atoms with E-state index in [1.807, 2.05) is 65.7 Å². The van der Waals surface area contributed by atoms with E-state index in [4.69, 9.17) is 16.6 Å². The Hall–Kier alpha value is -3.36. The van der Waals surface area contributed by atoms with Gasteiger partial charge in [-0.25, -0.2) is 0 Å². The molecule has 0 aliphatic rings. The molecule has 0 aliphatic heterocycles. The van der Waals surface area contributed by atoms with Crippen molar-refractivity contribution in [3.8, 4) is 11.8 Å². The molecule has 0 atom stereocenters. The topological polar surface area (TPSA) is 46.3 Å². The van der Waals surface area contributed by atoms with E-state index in [1.54, 1.807) is 6.33 Å². The van der Waals surface area contributed by atoms with E-state index < -0.39 is 0 Å². The first-order valence-corrected chi connectivity index (χ1v) is 9.27. The maximum atomic E-state index is 6.22. The van der Waals surface area contributed by atoms with Gasteiger partial charge in [-0.2, -0.15) is 4.98 Å². The zero-order valence-electron chi connectivity index (χ0n) is 15.6. The van der Waals surface area contributed by atoms with E-state index >= 15 is 0 Å². The molecule has 138 valence electrons. The summed E-state index contributed by atoms with van der Waals surface area (Å²) in [6, 6.07) is 13.7. The zero-order valence-corrected chi connectivity index (χ0v) is 16.4. The van der Waals surface area contributed by atoms with Crippen molar-refractivity contribution in [2.24, 2.45) is 0 Å². The maximum Gasteiger partial charge on any atom is 0.257 e. The second kappa shape index (κ2) is 7.34. The number of hydrogen-bond donors (Lipinski definition) is 0. The molecule has 0 amide bonds. The molecule has 5 nitrogen and oxygen atoms in total. The summed E-state index contributed by atoms with van der Waals surface area (Å²) < 4.78 is 1.83. The summed E-state index contributed by atoms with van der Waals surface area (Å²) in [4.78, 5) is 6.73. The van der Waals surface area contributed by atoms with Crippen LogP contribution >= 0.6 is 11.6 Å². The summed E-state index contributed by atoms with van der Waals surface area (Å²) in [5.41, 5.74) is 3.72. The number of benzene rings is 2. The normalized spacial score (nSPS) is 10.7. The van der Waals surface area contributed by atoms with E-state index in [9.17, 15) is 0 Å². The fraction of sp³-hybridized carbons (Fsp3) is 0.136. The fourth-order valence-electron chi connectivity index (χ4n) is 2.94. The van der Waals surface area contributed by atoms with Crippen LogP contribution in [0.2, 0.25) is 5.02 Å². The number of fused-ring (bicyclic) bond motifs is 3. The number of allylic oxidation sites excluding steroid dienone is 1. The number of halogens is 1. The quantitative estimate of drug-likeness (QED) is 0.463. The van der Waals surface area contributed by atoms with Crippen LogP contribution < -0.4 is 4.90 Å². The highest BCUT2D eigenvalue weighted by molar-refractivity contribution is 6.31. The third-order valence-electron chi connectivity index (χ3n) is 4.56. The summed E-state index contributed by atoms with van der Waals surface area (Å²) in [7, 11) is 1.97. The second-order valence-corrected chi connectivity index (χ2v) is 6.85. The van der Waals surface area contributed by atoms with E-state index in [2.05, 4.69) is 28.6 Å². The molecule has 0 bridgehead atoms. The van der Waals surface area contributed by atoms with Crippen molar-refractivity contribution < 1.29 is 0 Å². The molecule has 4 rings (SSSR count). The van der Waals surface area contributed by atoms with E-state index in [1.165, 1.54) is 0 Å². The molecular weight excluding hydrogens is 370 g/mol. The molecule has 0 radical (unpaired) electrons. The zero-order chi connectivity index (χ0) is 19.7. The molecule has 28 heavy (non-hydrogen) atoms. The minimum atomic E-state index is 0.520.